The number of phenolic OH excluding ortho intramolecular Hbond substituents is 8. The highest BCUT2D eigenvalue weighted by Crippen LogP contribution is 2.35. The molecule has 0 unspecified atom stereocenters. The molecule has 30 heteroatoms. The van der Waals surface area contributed by atoms with Crippen LogP contribution in [0.4, 0.5) is 0 Å². The molecule has 4 aromatic rings. The molecule has 4 saturated heterocycles. The minimum Gasteiger partial charge on any atom is -0.504 e. The van der Waals surface area contributed by atoms with Crippen molar-refractivity contribution in [1.29, 1.82) is 0 Å². The van der Waals surface area contributed by atoms with Gasteiger partial charge in [0.15, 0.2) is 77.3 Å². The standard InChI is InChI=1S/2C29H36O15/c1-13-22(36)23(37)24(38)29(41-13)44-27-25(39)28(40-9-8-15-3-6-17(32)19(34)11-15)42-20(12-30)26(27)43-21(35)7-4-14-2-5-16(31)18(33)10-14;1-13-22(35)24(37)25(38)29(42-13)44-27-23(36)20(12-41-21(34)7-4-14-2-5-16(30)18(32)10-14)43-28(26(27)39)40-9-8-15-3-6-17(31)19(33)11-15/h2-7,10-11,13,20,22-34,36-39H,8-9,12H2,1H3;2-7,10-11,13,20,22-33,35-39H,8-9,12H2,1H3/b2*7-4+/t13-,20+,22-,23+,24+,25+,26+,27+,28+,29-;13-,20+,22-,23+,24+,25+,26+,27-,28+,29-/m00/s1. The van der Waals surface area contributed by atoms with Gasteiger partial charge in [0.1, 0.15) is 86.0 Å². The van der Waals surface area contributed by atoms with E-state index in [9.17, 15) is 102 Å². The molecule has 0 aromatic heterocycles. The smallest absolute Gasteiger partial charge is 0.331 e. The average molecular weight is 1250 g/mol. The van der Waals surface area contributed by atoms with Crippen LogP contribution < -0.4 is 0 Å². The third-order valence-corrected chi connectivity index (χ3v) is 14.5. The molecule has 0 spiro atoms. The van der Waals surface area contributed by atoms with Crippen LogP contribution in [0.2, 0.25) is 0 Å². The van der Waals surface area contributed by atoms with Crippen LogP contribution in [0.15, 0.2) is 84.9 Å². The summed E-state index contributed by atoms with van der Waals surface area (Å²) in [6.07, 6.45) is -25.1. The Kier molecular flexibility index (Phi) is 24.1. The molecule has 484 valence electrons. The van der Waals surface area contributed by atoms with Crippen molar-refractivity contribution in [2.75, 3.05) is 26.4 Å². The average Bonchev–Trinajstić information content (AvgIpc) is 1.28. The topological polar surface area (TPSA) is 491 Å². The molecule has 30 nitrogen and oxygen atoms in total. The number of carbonyl (C=O) groups is 2. The second-order valence-electron chi connectivity index (χ2n) is 20.9. The van der Waals surface area contributed by atoms with Crippen molar-refractivity contribution in [3.05, 3.63) is 107 Å². The lowest BCUT2D eigenvalue weighted by Crippen LogP contribution is -2.65. The van der Waals surface area contributed by atoms with Crippen LogP contribution in [-0.2, 0) is 69.8 Å². The number of phenols is 8. The van der Waals surface area contributed by atoms with Gasteiger partial charge < -0.3 is 139 Å². The third kappa shape index (κ3) is 17.4. The Labute approximate surface area is 500 Å². The number of rotatable bonds is 20. The minimum atomic E-state index is -1.77. The van der Waals surface area contributed by atoms with Crippen molar-refractivity contribution < 1.29 is 149 Å². The van der Waals surface area contributed by atoms with Crippen molar-refractivity contribution in [3.63, 3.8) is 0 Å². The van der Waals surface area contributed by atoms with Crippen molar-refractivity contribution >= 4 is 24.1 Å². The lowest BCUT2D eigenvalue weighted by atomic mass is 9.97. The van der Waals surface area contributed by atoms with Gasteiger partial charge in [-0.25, -0.2) is 9.59 Å². The Bertz CT molecular complexity index is 2940. The minimum absolute atomic E-state index is 0.0754. The van der Waals surface area contributed by atoms with Crippen LogP contribution >= 0.6 is 0 Å². The van der Waals surface area contributed by atoms with Crippen molar-refractivity contribution in [2.24, 2.45) is 0 Å². The second-order valence-corrected chi connectivity index (χ2v) is 20.9. The quantitative estimate of drug-likeness (QED) is 0.0258. The van der Waals surface area contributed by atoms with Gasteiger partial charge >= 0.3 is 11.9 Å². The summed E-state index contributed by atoms with van der Waals surface area (Å²) in [5.74, 6) is -4.62. The molecule has 0 radical (unpaired) electrons. The van der Waals surface area contributed by atoms with Gasteiger partial charge in [0.2, 0.25) is 0 Å². The SMILES string of the molecule is C[C@@H]1O[C@@H](O[C@@H]2[C@@H](O)[C@H](OCCc3ccc(O)c(O)c3)O[C@H](CO)[C@H]2OC(=O)/C=C/c2ccc(O)c(O)c2)[C@H](O)[C@H](O)[C@H]1O.C[C@@H]1O[C@@H](O[C@@H]2[C@@H](O)[C@H](OCCc3ccc(O)c(O)c3)O[C@H](COC(=O)/C=C/c3ccc(O)c(O)c3)[C@H]2O)[C@H](O)[C@H](O)[C@H]1O. The summed E-state index contributed by atoms with van der Waals surface area (Å²) in [5, 5.41) is 181. The van der Waals surface area contributed by atoms with E-state index in [4.69, 9.17) is 47.4 Å². The number of hydrogen-bond acceptors (Lipinski definition) is 30. The molecule has 4 aliphatic rings. The van der Waals surface area contributed by atoms with E-state index >= 15 is 0 Å². The molecular formula is C58H72O30. The van der Waals surface area contributed by atoms with E-state index < -0.39 is 154 Å². The maximum absolute atomic E-state index is 12.8. The normalized spacial score (nSPS) is 32.5. The summed E-state index contributed by atoms with van der Waals surface area (Å²) in [6, 6.07) is 16.0. The molecule has 20 atom stereocenters. The van der Waals surface area contributed by atoms with Crippen molar-refractivity contribution in [3.8, 4) is 46.0 Å². The van der Waals surface area contributed by atoms with E-state index in [1.807, 2.05) is 0 Å². The predicted octanol–water partition coefficient (Wildman–Crippen LogP) is -2.03. The molecular weight excluding hydrogens is 1180 g/mol. The van der Waals surface area contributed by atoms with Gasteiger partial charge in [0, 0.05) is 12.2 Å². The molecule has 4 aromatic carbocycles. The Morgan fingerprint density at radius 2 is 0.841 bits per heavy atom. The number of aliphatic hydroxyl groups excluding tert-OH is 10. The van der Waals surface area contributed by atoms with E-state index in [2.05, 4.69) is 0 Å². The van der Waals surface area contributed by atoms with Crippen LogP contribution in [-0.4, -0.2) is 253 Å². The lowest BCUT2D eigenvalue weighted by Gasteiger charge is -2.46. The Balaban J connectivity index is 0.000000251. The summed E-state index contributed by atoms with van der Waals surface area (Å²) in [4.78, 5) is 25.2. The summed E-state index contributed by atoms with van der Waals surface area (Å²) in [5.41, 5.74) is 1.88. The molecule has 4 fully saturated rings. The first-order valence-electron chi connectivity index (χ1n) is 27.4. The second kappa shape index (κ2) is 30.9. The molecule has 0 saturated carbocycles. The number of benzene rings is 4. The van der Waals surface area contributed by atoms with Crippen LogP contribution in [0.1, 0.15) is 36.1 Å². The first kappa shape index (κ1) is 68.5. The van der Waals surface area contributed by atoms with E-state index in [-0.39, 0.29) is 66.3 Å². The highest BCUT2D eigenvalue weighted by Gasteiger charge is 2.53. The highest BCUT2D eigenvalue weighted by atomic mass is 16.8. The molecule has 0 amide bonds. The molecule has 4 aliphatic heterocycles. The summed E-state index contributed by atoms with van der Waals surface area (Å²) in [6.45, 7) is 1.41. The van der Waals surface area contributed by atoms with Gasteiger partial charge in [0.05, 0.1) is 32.0 Å². The first-order valence-corrected chi connectivity index (χ1v) is 27.4. The zero-order valence-corrected chi connectivity index (χ0v) is 47.0. The molecule has 18 N–H and O–H groups in total. The van der Waals surface area contributed by atoms with Gasteiger partial charge in [0.25, 0.3) is 0 Å². The van der Waals surface area contributed by atoms with E-state index in [0.29, 0.717) is 22.3 Å². The predicted molar refractivity (Wildman–Crippen MR) is 294 cm³/mol. The fourth-order valence-corrected chi connectivity index (χ4v) is 9.41. The van der Waals surface area contributed by atoms with Crippen LogP contribution in [0.3, 0.4) is 0 Å². The van der Waals surface area contributed by atoms with Gasteiger partial charge in [-0.05, 0) is 110 Å². The Hall–Kier alpha value is -7.02. The van der Waals surface area contributed by atoms with Gasteiger partial charge in [-0.3, -0.25) is 0 Å². The van der Waals surface area contributed by atoms with E-state index in [1.165, 1.54) is 86.7 Å². The number of hydrogen-bond donors (Lipinski definition) is 18. The molecule has 0 bridgehead atoms. The largest absolute Gasteiger partial charge is 0.504 e. The molecule has 0 aliphatic carbocycles. The first-order chi connectivity index (χ1) is 41.7. The van der Waals surface area contributed by atoms with E-state index in [0.717, 1.165) is 12.2 Å². The number of aliphatic hydroxyl groups is 10. The number of carbonyl (C=O) groups excluding carboxylic acids is 2. The van der Waals surface area contributed by atoms with Gasteiger partial charge in [-0.2, -0.15) is 0 Å². The lowest BCUT2D eigenvalue weighted by molar-refractivity contribution is -0.357. The summed E-state index contributed by atoms with van der Waals surface area (Å²) in [7, 11) is 0. The molecule has 4 heterocycles. The Morgan fingerprint density at radius 3 is 1.28 bits per heavy atom. The zero-order valence-electron chi connectivity index (χ0n) is 47.0. The molecule has 88 heavy (non-hydrogen) atoms. The van der Waals surface area contributed by atoms with Crippen LogP contribution in [0.5, 0.6) is 46.0 Å². The maximum Gasteiger partial charge on any atom is 0.331 e. The summed E-state index contributed by atoms with van der Waals surface area (Å²) < 4.78 is 55.9. The fourth-order valence-electron chi connectivity index (χ4n) is 9.41. The van der Waals surface area contributed by atoms with Gasteiger partial charge in [-0.15, -0.1) is 0 Å². The Morgan fingerprint density at radius 1 is 0.432 bits per heavy atom. The van der Waals surface area contributed by atoms with Crippen LogP contribution in [0, 0.1) is 0 Å². The van der Waals surface area contributed by atoms with Crippen molar-refractivity contribution in [2.45, 2.75) is 150 Å². The van der Waals surface area contributed by atoms with Crippen molar-refractivity contribution in [1.82, 2.24) is 0 Å². The van der Waals surface area contributed by atoms with E-state index in [1.54, 1.807) is 12.1 Å². The van der Waals surface area contributed by atoms with Gasteiger partial charge in [-0.1, -0.05) is 24.3 Å². The highest BCUT2D eigenvalue weighted by molar-refractivity contribution is 5.88. The number of esters is 2. The van der Waals surface area contributed by atoms with Crippen LogP contribution in [0.25, 0.3) is 12.2 Å². The summed E-state index contributed by atoms with van der Waals surface area (Å²) >= 11 is 0. The molecule has 8 rings (SSSR count). The maximum atomic E-state index is 12.8. The number of aromatic hydroxyl groups is 8. The zero-order chi connectivity index (χ0) is 64.3. The number of ether oxygens (including phenoxy) is 10. The fraction of sp³-hybridized carbons (Fsp3) is 0.483. The third-order valence-electron chi connectivity index (χ3n) is 14.5. The monoisotopic (exact) mass is 1250 g/mol.